The highest BCUT2D eigenvalue weighted by atomic mass is 19.1. The number of pyridine rings is 1. The minimum Gasteiger partial charge on any atom is -0.478 e. The normalized spacial score (nSPS) is 10.7. The molecule has 0 radical (unpaired) electrons. The van der Waals surface area contributed by atoms with Gasteiger partial charge < -0.3 is 5.11 Å². The standard InChI is InChI=1S/C13H12FNO2/c1-2-3-8-7-15-11-6-9(14)4-5-10(11)12(8)13(16)17/h4-7H,2-3H2,1H3,(H,16,17). The third kappa shape index (κ3) is 2.11. The fraction of sp³-hybridized carbons (Fsp3) is 0.231. The number of carboxylic acids is 1. The number of hydrogen-bond acceptors (Lipinski definition) is 2. The molecule has 0 spiro atoms. The Morgan fingerprint density at radius 1 is 1.47 bits per heavy atom. The number of halogens is 1. The number of carboxylic acid groups (broad SMARTS) is 1. The number of fused-ring (bicyclic) bond motifs is 1. The number of aromatic nitrogens is 1. The van der Waals surface area contributed by atoms with Crippen molar-refractivity contribution >= 4 is 16.9 Å². The molecule has 0 aliphatic carbocycles. The van der Waals surface area contributed by atoms with Crippen LogP contribution >= 0.6 is 0 Å². The summed E-state index contributed by atoms with van der Waals surface area (Å²) in [6.07, 6.45) is 3.02. The van der Waals surface area contributed by atoms with E-state index >= 15 is 0 Å². The molecule has 2 rings (SSSR count). The van der Waals surface area contributed by atoms with Crippen molar-refractivity contribution in [3.05, 3.63) is 41.3 Å². The molecule has 1 heterocycles. The van der Waals surface area contributed by atoms with Crippen molar-refractivity contribution in [2.24, 2.45) is 0 Å². The van der Waals surface area contributed by atoms with Gasteiger partial charge in [0.1, 0.15) is 5.82 Å². The monoisotopic (exact) mass is 233 g/mol. The zero-order chi connectivity index (χ0) is 12.4. The number of nitrogens with zero attached hydrogens (tertiary/aromatic N) is 1. The van der Waals surface area contributed by atoms with E-state index in [1.165, 1.54) is 24.4 Å². The van der Waals surface area contributed by atoms with Crippen LogP contribution in [0.15, 0.2) is 24.4 Å². The Morgan fingerprint density at radius 2 is 2.24 bits per heavy atom. The highest BCUT2D eigenvalue weighted by Crippen LogP contribution is 2.22. The highest BCUT2D eigenvalue weighted by molar-refractivity contribution is 6.03. The van der Waals surface area contributed by atoms with Gasteiger partial charge in [-0.25, -0.2) is 9.18 Å². The molecule has 0 saturated heterocycles. The van der Waals surface area contributed by atoms with Gasteiger partial charge in [0, 0.05) is 17.6 Å². The lowest BCUT2D eigenvalue weighted by atomic mass is 10.0. The first-order valence-electron chi connectivity index (χ1n) is 5.44. The Balaban J connectivity index is 2.74. The van der Waals surface area contributed by atoms with Crippen LogP contribution < -0.4 is 0 Å². The van der Waals surface area contributed by atoms with E-state index in [2.05, 4.69) is 4.98 Å². The molecule has 1 N–H and O–H groups in total. The minimum atomic E-state index is -0.993. The maximum absolute atomic E-state index is 13.0. The zero-order valence-corrected chi connectivity index (χ0v) is 9.40. The molecule has 0 saturated carbocycles. The van der Waals surface area contributed by atoms with Gasteiger partial charge in [0.2, 0.25) is 0 Å². The second-order valence-corrected chi connectivity index (χ2v) is 3.88. The number of rotatable bonds is 3. The van der Waals surface area contributed by atoms with Gasteiger partial charge in [-0.2, -0.15) is 0 Å². The third-order valence-corrected chi connectivity index (χ3v) is 2.64. The van der Waals surface area contributed by atoms with Crippen molar-refractivity contribution in [3.63, 3.8) is 0 Å². The van der Waals surface area contributed by atoms with Gasteiger partial charge in [0.25, 0.3) is 0 Å². The lowest BCUT2D eigenvalue weighted by molar-refractivity contribution is 0.0698. The largest absolute Gasteiger partial charge is 0.478 e. The molecule has 0 bridgehead atoms. The maximum atomic E-state index is 13.0. The summed E-state index contributed by atoms with van der Waals surface area (Å²) in [5, 5.41) is 9.73. The Hall–Kier alpha value is -1.97. The number of aryl methyl sites for hydroxylation is 1. The topological polar surface area (TPSA) is 50.2 Å². The molecule has 3 nitrogen and oxygen atoms in total. The Bertz CT molecular complexity index is 581. The van der Waals surface area contributed by atoms with E-state index in [0.29, 0.717) is 22.9 Å². The number of hydrogen-bond donors (Lipinski definition) is 1. The molecule has 0 aliphatic rings. The van der Waals surface area contributed by atoms with Crippen molar-refractivity contribution in [1.82, 2.24) is 4.98 Å². The van der Waals surface area contributed by atoms with Crippen LogP contribution in [0.2, 0.25) is 0 Å². The fourth-order valence-corrected chi connectivity index (χ4v) is 1.92. The molecule has 1 aromatic carbocycles. The van der Waals surface area contributed by atoms with E-state index in [4.69, 9.17) is 0 Å². The fourth-order valence-electron chi connectivity index (χ4n) is 1.92. The van der Waals surface area contributed by atoms with Gasteiger partial charge in [0.15, 0.2) is 0 Å². The second-order valence-electron chi connectivity index (χ2n) is 3.88. The quantitative estimate of drug-likeness (QED) is 0.886. The van der Waals surface area contributed by atoms with Crippen LogP contribution in [0.4, 0.5) is 4.39 Å². The van der Waals surface area contributed by atoms with Crippen LogP contribution in [0, 0.1) is 5.82 Å². The molecule has 0 aliphatic heterocycles. The molecule has 0 fully saturated rings. The summed E-state index contributed by atoms with van der Waals surface area (Å²) < 4.78 is 13.0. The maximum Gasteiger partial charge on any atom is 0.336 e. The predicted octanol–water partition coefficient (Wildman–Crippen LogP) is 3.02. The molecular formula is C13H12FNO2. The Morgan fingerprint density at radius 3 is 2.88 bits per heavy atom. The number of carbonyl (C=O) groups is 1. The molecule has 2 aromatic rings. The molecular weight excluding hydrogens is 221 g/mol. The summed E-state index contributed by atoms with van der Waals surface area (Å²) in [6, 6.07) is 3.98. The van der Waals surface area contributed by atoms with Gasteiger partial charge >= 0.3 is 5.97 Å². The van der Waals surface area contributed by atoms with E-state index in [1.807, 2.05) is 6.92 Å². The van der Waals surface area contributed by atoms with Gasteiger partial charge in [-0.05, 0) is 24.1 Å². The van der Waals surface area contributed by atoms with E-state index in [0.717, 1.165) is 6.42 Å². The van der Waals surface area contributed by atoms with Crippen molar-refractivity contribution in [2.45, 2.75) is 19.8 Å². The van der Waals surface area contributed by atoms with Crippen LogP contribution in [0.1, 0.15) is 29.3 Å². The van der Waals surface area contributed by atoms with Gasteiger partial charge in [0.05, 0.1) is 11.1 Å². The summed E-state index contributed by atoms with van der Waals surface area (Å²) in [5.74, 6) is -1.41. The summed E-state index contributed by atoms with van der Waals surface area (Å²) in [7, 11) is 0. The predicted molar refractivity (Wildman–Crippen MR) is 62.7 cm³/mol. The van der Waals surface area contributed by atoms with Crippen LogP contribution in [-0.4, -0.2) is 16.1 Å². The summed E-state index contributed by atoms with van der Waals surface area (Å²) >= 11 is 0. The first-order valence-corrected chi connectivity index (χ1v) is 5.44. The van der Waals surface area contributed by atoms with E-state index < -0.39 is 11.8 Å². The molecule has 1 aromatic heterocycles. The lowest BCUT2D eigenvalue weighted by Crippen LogP contribution is -2.05. The molecule has 0 unspecified atom stereocenters. The summed E-state index contributed by atoms with van der Waals surface area (Å²) in [6.45, 7) is 1.97. The highest BCUT2D eigenvalue weighted by Gasteiger charge is 2.15. The smallest absolute Gasteiger partial charge is 0.336 e. The summed E-state index contributed by atoms with van der Waals surface area (Å²) in [5.41, 5.74) is 1.30. The van der Waals surface area contributed by atoms with Crippen molar-refractivity contribution < 1.29 is 14.3 Å². The molecule has 4 heteroatoms. The zero-order valence-electron chi connectivity index (χ0n) is 9.40. The van der Waals surface area contributed by atoms with Crippen LogP contribution in [0.25, 0.3) is 10.9 Å². The van der Waals surface area contributed by atoms with Crippen molar-refractivity contribution in [3.8, 4) is 0 Å². The molecule has 0 atom stereocenters. The van der Waals surface area contributed by atoms with E-state index in [1.54, 1.807) is 0 Å². The average molecular weight is 233 g/mol. The third-order valence-electron chi connectivity index (χ3n) is 2.64. The van der Waals surface area contributed by atoms with Gasteiger partial charge in [-0.1, -0.05) is 13.3 Å². The van der Waals surface area contributed by atoms with Gasteiger partial charge in [-0.3, -0.25) is 4.98 Å². The first kappa shape index (κ1) is 11.5. The number of aromatic carboxylic acids is 1. The van der Waals surface area contributed by atoms with Crippen molar-refractivity contribution in [1.29, 1.82) is 0 Å². The first-order chi connectivity index (χ1) is 8.13. The lowest BCUT2D eigenvalue weighted by Gasteiger charge is -2.08. The van der Waals surface area contributed by atoms with Gasteiger partial charge in [-0.15, -0.1) is 0 Å². The molecule has 88 valence electrons. The molecule has 17 heavy (non-hydrogen) atoms. The molecule has 0 amide bonds. The number of benzene rings is 1. The Kier molecular flexibility index (Phi) is 3.04. The van der Waals surface area contributed by atoms with Crippen molar-refractivity contribution in [2.75, 3.05) is 0 Å². The average Bonchev–Trinajstić information content (AvgIpc) is 2.28. The second kappa shape index (κ2) is 4.49. The summed E-state index contributed by atoms with van der Waals surface area (Å²) in [4.78, 5) is 15.4. The SMILES string of the molecule is CCCc1cnc2cc(F)ccc2c1C(=O)O. The van der Waals surface area contributed by atoms with Crippen LogP contribution in [0.5, 0.6) is 0 Å². The Labute approximate surface area is 97.9 Å². The van der Waals surface area contributed by atoms with Crippen LogP contribution in [-0.2, 0) is 6.42 Å². The minimum absolute atomic E-state index is 0.233. The van der Waals surface area contributed by atoms with Crippen LogP contribution in [0.3, 0.4) is 0 Å². The van der Waals surface area contributed by atoms with E-state index in [-0.39, 0.29) is 5.56 Å². The van der Waals surface area contributed by atoms with E-state index in [9.17, 15) is 14.3 Å².